The van der Waals surface area contributed by atoms with Crippen molar-refractivity contribution < 1.29 is 19.1 Å². The minimum Gasteiger partial charge on any atom is -0.489 e. The molecule has 4 aromatic rings. The van der Waals surface area contributed by atoms with Gasteiger partial charge in [-0.2, -0.15) is 0 Å². The van der Waals surface area contributed by atoms with E-state index in [2.05, 4.69) is 0 Å². The minimum absolute atomic E-state index is 0.0890. The van der Waals surface area contributed by atoms with Crippen LogP contribution in [0.5, 0.6) is 5.75 Å². The van der Waals surface area contributed by atoms with E-state index < -0.39 is 12.1 Å². The number of furan rings is 1. The number of hydrogen-bond acceptors (Lipinski definition) is 5. The normalized spacial score (nSPS) is 11.2. The summed E-state index contributed by atoms with van der Waals surface area (Å²) in [5.41, 5.74) is 16.7. The minimum atomic E-state index is -0.897. The number of carbonyl (C=O) groups is 1. The van der Waals surface area contributed by atoms with E-state index >= 15 is 0 Å². The van der Waals surface area contributed by atoms with Gasteiger partial charge in [-0.05, 0) is 47.0 Å². The monoisotopic (exact) mass is 402 g/mol. The maximum absolute atomic E-state index is 11.1. The first-order valence-electron chi connectivity index (χ1n) is 9.55. The molecular formula is C24H22N2O4. The van der Waals surface area contributed by atoms with Gasteiger partial charge in [-0.3, -0.25) is 4.79 Å². The van der Waals surface area contributed by atoms with Crippen LogP contribution in [0.15, 0.2) is 77.4 Å². The molecule has 1 heterocycles. The molecule has 5 N–H and O–H groups in total. The summed E-state index contributed by atoms with van der Waals surface area (Å²) in [4.78, 5) is 11.1. The fourth-order valence-corrected chi connectivity index (χ4v) is 3.47. The molecule has 0 spiro atoms. The summed E-state index contributed by atoms with van der Waals surface area (Å²) in [6, 6.07) is 20.8. The largest absolute Gasteiger partial charge is 0.489 e. The molecule has 30 heavy (non-hydrogen) atoms. The quantitative estimate of drug-likeness (QED) is 0.399. The lowest BCUT2D eigenvalue weighted by atomic mass is 9.98. The van der Waals surface area contributed by atoms with Gasteiger partial charge in [0.2, 0.25) is 0 Å². The molecule has 0 amide bonds. The molecule has 1 aromatic heterocycles. The number of benzene rings is 3. The number of rotatable bonds is 7. The summed E-state index contributed by atoms with van der Waals surface area (Å²) in [5.74, 6) is -0.337. The lowest BCUT2D eigenvalue weighted by Crippen LogP contribution is -2.19. The van der Waals surface area contributed by atoms with Crippen LogP contribution in [-0.2, 0) is 17.8 Å². The van der Waals surface area contributed by atoms with Gasteiger partial charge in [-0.25, -0.2) is 0 Å². The van der Waals surface area contributed by atoms with Crippen LogP contribution in [0.4, 0.5) is 0 Å². The third-order valence-electron chi connectivity index (χ3n) is 4.90. The average molecular weight is 402 g/mol. The molecule has 152 valence electrons. The zero-order valence-corrected chi connectivity index (χ0v) is 16.2. The van der Waals surface area contributed by atoms with E-state index in [0.717, 1.165) is 33.2 Å². The number of ether oxygens (including phenoxy) is 1. The Kier molecular flexibility index (Phi) is 5.52. The van der Waals surface area contributed by atoms with Gasteiger partial charge in [0.05, 0.1) is 18.8 Å². The number of carboxylic acid groups (broad SMARTS) is 1. The van der Waals surface area contributed by atoms with Crippen LogP contribution >= 0.6 is 0 Å². The van der Waals surface area contributed by atoms with Crippen molar-refractivity contribution in [2.45, 2.75) is 19.2 Å². The number of para-hydroxylation sites is 1. The third-order valence-corrected chi connectivity index (χ3v) is 4.90. The fourth-order valence-electron chi connectivity index (χ4n) is 3.47. The highest BCUT2D eigenvalue weighted by molar-refractivity contribution is 5.93. The highest BCUT2D eigenvalue weighted by atomic mass is 16.5. The molecule has 6 heteroatoms. The molecular weight excluding hydrogens is 380 g/mol. The van der Waals surface area contributed by atoms with Gasteiger partial charge in [-0.15, -0.1) is 0 Å². The van der Waals surface area contributed by atoms with E-state index in [0.29, 0.717) is 17.9 Å². The van der Waals surface area contributed by atoms with Crippen molar-refractivity contribution in [3.05, 3.63) is 89.7 Å². The van der Waals surface area contributed by atoms with Crippen molar-refractivity contribution in [2.24, 2.45) is 11.5 Å². The Morgan fingerprint density at radius 2 is 1.87 bits per heavy atom. The van der Waals surface area contributed by atoms with Crippen molar-refractivity contribution >= 4 is 16.9 Å². The van der Waals surface area contributed by atoms with Crippen LogP contribution in [0.3, 0.4) is 0 Å². The van der Waals surface area contributed by atoms with Gasteiger partial charge >= 0.3 is 5.97 Å². The molecule has 0 saturated carbocycles. The van der Waals surface area contributed by atoms with E-state index in [-0.39, 0.29) is 6.42 Å². The topological polar surface area (TPSA) is 112 Å². The van der Waals surface area contributed by atoms with Crippen molar-refractivity contribution in [3.8, 4) is 16.9 Å². The maximum atomic E-state index is 11.1. The van der Waals surface area contributed by atoms with Crippen LogP contribution in [0.25, 0.3) is 22.1 Å². The van der Waals surface area contributed by atoms with Crippen molar-refractivity contribution in [2.75, 3.05) is 0 Å². The molecule has 0 fully saturated rings. The smallest absolute Gasteiger partial charge is 0.307 e. The first-order valence-corrected chi connectivity index (χ1v) is 9.55. The second kappa shape index (κ2) is 8.41. The molecule has 3 aromatic carbocycles. The zero-order valence-electron chi connectivity index (χ0n) is 16.2. The lowest BCUT2D eigenvalue weighted by molar-refractivity contribution is -0.136. The molecule has 0 unspecified atom stereocenters. The Hall–Kier alpha value is -3.61. The molecule has 0 aliphatic carbocycles. The molecule has 0 aliphatic heterocycles. The van der Waals surface area contributed by atoms with Gasteiger partial charge in [0.15, 0.2) is 0 Å². The molecule has 0 radical (unpaired) electrons. The summed E-state index contributed by atoms with van der Waals surface area (Å²) >= 11 is 0. The SMILES string of the molecule is NC(N)c1cccc(-c2cc(COc3ccccc3CC(=O)O)cc3ccoc23)c1. The van der Waals surface area contributed by atoms with E-state index in [1.165, 1.54) is 0 Å². The predicted molar refractivity (Wildman–Crippen MR) is 115 cm³/mol. The van der Waals surface area contributed by atoms with Gasteiger partial charge < -0.3 is 25.7 Å². The number of aliphatic carboxylic acids is 1. The molecule has 0 saturated heterocycles. The number of carboxylic acids is 1. The van der Waals surface area contributed by atoms with Gasteiger partial charge in [0, 0.05) is 16.5 Å². The highest BCUT2D eigenvalue weighted by Crippen LogP contribution is 2.32. The molecule has 6 nitrogen and oxygen atoms in total. The summed E-state index contributed by atoms with van der Waals surface area (Å²) in [6.07, 6.45) is 1.00. The second-order valence-corrected chi connectivity index (χ2v) is 7.10. The second-order valence-electron chi connectivity index (χ2n) is 7.10. The van der Waals surface area contributed by atoms with E-state index in [4.69, 9.17) is 25.7 Å². The lowest BCUT2D eigenvalue weighted by Gasteiger charge is -2.13. The first-order chi connectivity index (χ1) is 14.5. The Morgan fingerprint density at radius 1 is 1.03 bits per heavy atom. The van der Waals surface area contributed by atoms with Crippen molar-refractivity contribution in [1.29, 1.82) is 0 Å². The fraction of sp³-hybridized carbons (Fsp3) is 0.125. The molecule has 0 bridgehead atoms. The maximum Gasteiger partial charge on any atom is 0.307 e. The predicted octanol–water partition coefficient (Wildman–Crippen LogP) is 4.22. The van der Waals surface area contributed by atoms with E-state index in [1.807, 2.05) is 48.5 Å². The van der Waals surface area contributed by atoms with Crippen LogP contribution in [0.1, 0.15) is 22.9 Å². The Bertz CT molecular complexity index is 1200. The number of fused-ring (bicyclic) bond motifs is 1. The summed E-state index contributed by atoms with van der Waals surface area (Å²) < 4.78 is 11.7. The van der Waals surface area contributed by atoms with Gasteiger partial charge in [-0.1, -0.05) is 36.4 Å². The Morgan fingerprint density at radius 3 is 2.67 bits per heavy atom. The van der Waals surface area contributed by atoms with Gasteiger partial charge in [0.1, 0.15) is 17.9 Å². The number of nitrogens with two attached hydrogens (primary N) is 2. The standard InChI is InChI=1S/C24H22N2O4/c25-24(26)19-6-3-5-16(12-19)20-11-15(10-18-8-9-29-23(18)20)14-30-21-7-2-1-4-17(21)13-22(27)28/h1-12,24H,13-14,25-26H2,(H,27,28). The van der Waals surface area contributed by atoms with Crippen LogP contribution in [0, 0.1) is 0 Å². The van der Waals surface area contributed by atoms with E-state index in [9.17, 15) is 4.79 Å². The Balaban J connectivity index is 1.67. The summed E-state index contributed by atoms with van der Waals surface area (Å²) in [5, 5.41) is 10.1. The summed E-state index contributed by atoms with van der Waals surface area (Å²) in [6.45, 7) is 0.293. The molecule has 0 atom stereocenters. The summed E-state index contributed by atoms with van der Waals surface area (Å²) in [7, 11) is 0. The van der Waals surface area contributed by atoms with Crippen LogP contribution in [0.2, 0.25) is 0 Å². The molecule has 4 rings (SSSR count). The van der Waals surface area contributed by atoms with Gasteiger partial charge in [0.25, 0.3) is 0 Å². The highest BCUT2D eigenvalue weighted by Gasteiger charge is 2.13. The number of hydrogen-bond donors (Lipinski definition) is 3. The average Bonchev–Trinajstić information content (AvgIpc) is 3.21. The Labute approximate surface area is 173 Å². The van der Waals surface area contributed by atoms with Crippen LogP contribution < -0.4 is 16.2 Å². The molecule has 0 aliphatic rings. The first kappa shape index (κ1) is 19.7. The van der Waals surface area contributed by atoms with Crippen molar-refractivity contribution in [3.63, 3.8) is 0 Å². The zero-order chi connectivity index (χ0) is 21.1. The van der Waals surface area contributed by atoms with Crippen LogP contribution in [-0.4, -0.2) is 11.1 Å². The third kappa shape index (κ3) is 4.20. The van der Waals surface area contributed by atoms with E-state index in [1.54, 1.807) is 24.5 Å². The van der Waals surface area contributed by atoms with Crippen molar-refractivity contribution in [1.82, 2.24) is 0 Å².